The van der Waals surface area contributed by atoms with Crippen LogP contribution in [-0.4, -0.2) is 102 Å². The zero-order chi connectivity index (χ0) is 33.6. The van der Waals surface area contributed by atoms with Gasteiger partial charge in [0, 0.05) is 24.6 Å². The van der Waals surface area contributed by atoms with Gasteiger partial charge in [-0.1, -0.05) is 12.2 Å². The number of anilines is 1. The first-order valence-corrected chi connectivity index (χ1v) is 20.3. The van der Waals surface area contributed by atoms with Crippen LogP contribution in [0.2, 0.25) is 0 Å². The van der Waals surface area contributed by atoms with Crippen LogP contribution in [0, 0.1) is 5.92 Å². The molecule has 3 saturated heterocycles. The molecule has 4 fully saturated rings. The number of nitrogens with zero attached hydrogens (tertiary/aromatic N) is 5. The molecule has 3 unspecified atom stereocenters. The molecule has 3 aliphatic heterocycles. The molecule has 10 atom stereocenters. The largest absolute Gasteiger partial charge is 0.474 e. The molecule has 0 radical (unpaired) electrons. The number of imidazole rings is 1. The van der Waals surface area contributed by atoms with E-state index < -0.39 is 74.4 Å². The zero-order valence-corrected chi connectivity index (χ0v) is 28.4. The van der Waals surface area contributed by atoms with Gasteiger partial charge in [0.1, 0.15) is 30.7 Å². The fourth-order valence-corrected chi connectivity index (χ4v) is 9.19. The summed E-state index contributed by atoms with van der Waals surface area (Å²) in [4.78, 5) is 55.6. The molecule has 1 amide bonds. The lowest BCUT2D eigenvalue weighted by molar-refractivity contribution is -0.117. The Hall–Kier alpha value is -2.39. The van der Waals surface area contributed by atoms with Gasteiger partial charge in [0.05, 0.1) is 31.7 Å². The molecule has 19 nitrogen and oxygen atoms in total. The lowest BCUT2D eigenvalue weighted by Crippen LogP contribution is -2.36. The third-order valence-corrected chi connectivity index (χ3v) is 11.6. The van der Waals surface area contributed by atoms with Gasteiger partial charge in [0.25, 0.3) is 5.56 Å². The van der Waals surface area contributed by atoms with Crippen molar-refractivity contribution in [3.8, 4) is 5.88 Å². The van der Waals surface area contributed by atoms with Gasteiger partial charge in [0.2, 0.25) is 17.7 Å². The van der Waals surface area contributed by atoms with Gasteiger partial charge in [-0.3, -0.25) is 29.0 Å². The number of ether oxygens (including phenoxy) is 2. The zero-order valence-electron chi connectivity index (χ0n) is 24.9. The lowest BCUT2D eigenvalue weighted by atomic mass is 10.1. The minimum atomic E-state index is -4.22. The van der Waals surface area contributed by atoms with Crippen LogP contribution in [0.3, 0.4) is 0 Å². The number of carbonyl (C=O) groups excluding carboxylic acids is 1. The number of aromatic nitrogens is 6. The van der Waals surface area contributed by atoms with Gasteiger partial charge >= 0.3 is 13.5 Å². The predicted octanol–water partition coefficient (Wildman–Crippen LogP) is 0.788. The van der Waals surface area contributed by atoms with Crippen LogP contribution in [0.1, 0.15) is 31.9 Å². The van der Waals surface area contributed by atoms with E-state index in [4.69, 9.17) is 39.4 Å². The third kappa shape index (κ3) is 7.38. The number of hydrogen-bond donors (Lipinski definition) is 6. The summed E-state index contributed by atoms with van der Waals surface area (Å²) in [5, 5.41) is 17.0. The summed E-state index contributed by atoms with van der Waals surface area (Å²) < 4.78 is 49.9. The highest BCUT2D eigenvalue weighted by Crippen LogP contribution is 2.58. The van der Waals surface area contributed by atoms with Crippen molar-refractivity contribution in [2.75, 3.05) is 25.1 Å². The van der Waals surface area contributed by atoms with Crippen molar-refractivity contribution in [1.82, 2.24) is 34.8 Å². The molecule has 260 valence electrons. The van der Waals surface area contributed by atoms with Crippen LogP contribution in [-0.2, 0) is 44.0 Å². The average Bonchev–Trinajstić information content (AvgIpc) is 3.84. The minimum Gasteiger partial charge on any atom is -0.474 e. The van der Waals surface area contributed by atoms with Gasteiger partial charge in [-0.05, 0) is 37.6 Å². The Morgan fingerprint density at radius 2 is 2.06 bits per heavy atom. The molecule has 23 heteroatoms. The number of amides is 1. The maximum Gasteiger partial charge on any atom is 0.386 e. The second-order valence-electron chi connectivity index (χ2n) is 11.7. The van der Waals surface area contributed by atoms with Crippen molar-refractivity contribution in [3.05, 3.63) is 35.3 Å². The number of nitrogens with one attached hydrogen (secondary N) is 3. The SMILES string of the molecule is O=C(Nc1nc2c(ncn2[C@@H]2O[C@@H]3COP(O)(=S)O[C@H]4C[C@H](Oc5ccncn5)CC4COP(=O)(S)O[C@@H]2[C@@H]3O)c(=O)[nH]1)[C@H]1CCCN1. The molecule has 3 aromatic rings. The van der Waals surface area contributed by atoms with Crippen molar-refractivity contribution in [3.63, 3.8) is 0 Å². The molecule has 6 heterocycles. The van der Waals surface area contributed by atoms with E-state index >= 15 is 0 Å². The number of aliphatic hydroxyl groups excluding tert-OH is 1. The van der Waals surface area contributed by atoms with Crippen molar-refractivity contribution in [2.24, 2.45) is 5.92 Å². The van der Waals surface area contributed by atoms with E-state index in [1.165, 1.54) is 23.4 Å². The summed E-state index contributed by atoms with van der Waals surface area (Å²) in [5.41, 5.74) is -0.787. The Labute approximate surface area is 282 Å². The molecule has 0 aromatic carbocycles. The molecular weight excluding hydrogens is 714 g/mol. The first kappa shape index (κ1) is 34.1. The number of thiol groups is 1. The highest BCUT2D eigenvalue weighted by molar-refractivity contribution is 8.44. The number of fused-ring (bicyclic) bond motifs is 4. The van der Waals surface area contributed by atoms with E-state index in [1.54, 1.807) is 6.07 Å². The summed E-state index contributed by atoms with van der Waals surface area (Å²) in [5.74, 6) is -0.652. The topological polar surface area (TPSA) is 243 Å². The Balaban J connectivity index is 1.14. The van der Waals surface area contributed by atoms with Crippen LogP contribution in [0.4, 0.5) is 5.95 Å². The smallest absolute Gasteiger partial charge is 0.386 e. The quantitative estimate of drug-likeness (QED) is 0.156. The van der Waals surface area contributed by atoms with Gasteiger partial charge in [0.15, 0.2) is 17.4 Å². The van der Waals surface area contributed by atoms with Crippen LogP contribution >= 0.6 is 25.8 Å². The van der Waals surface area contributed by atoms with E-state index in [2.05, 4.69) is 47.8 Å². The minimum absolute atomic E-state index is 0.0315. The number of aliphatic hydroxyl groups is 1. The summed E-state index contributed by atoms with van der Waals surface area (Å²) in [6.07, 6.45) is -0.375. The van der Waals surface area contributed by atoms with Crippen LogP contribution in [0.15, 0.2) is 29.7 Å². The standard InChI is InChI=1S/C25H32N8O11P2S2/c34-19-16-9-40-45(37,47)43-15-7-13(41-17-3-5-26-10-28-17)6-12(15)8-39-46(38,48)44-20(19)24(42-16)33-11-29-18-21(33)30-25(32-23(18)36)31-22(35)14-2-1-4-27-14/h3,5,10-16,19-20,24,27,34H,1-2,4,6-9H2,(H,37,47)(H,38,48)(H2,30,31,32,35,36)/t12?,13-,14-,15+,16-,19-,20-,24-,45?,46?/m1/s1. The number of rotatable bonds is 5. The summed E-state index contributed by atoms with van der Waals surface area (Å²) in [7, 11) is 0. The van der Waals surface area contributed by atoms with E-state index in [9.17, 15) is 24.2 Å². The van der Waals surface area contributed by atoms with Crippen molar-refractivity contribution in [2.45, 2.75) is 68.5 Å². The van der Waals surface area contributed by atoms with E-state index in [0.717, 1.165) is 6.42 Å². The number of aromatic amines is 1. The molecule has 7 rings (SSSR count). The van der Waals surface area contributed by atoms with E-state index in [-0.39, 0.29) is 36.0 Å². The second-order valence-corrected chi connectivity index (χ2v) is 17.4. The number of carbonyl (C=O) groups is 1. The Morgan fingerprint density at radius 1 is 1.21 bits per heavy atom. The lowest BCUT2D eigenvalue weighted by Gasteiger charge is -2.27. The monoisotopic (exact) mass is 746 g/mol. The molecule has 4 aliphatic rings. The molecule has 48 heavy (non-hydrogen) atoms. The maximum atomic E-state index is 13.6. The van der Waals surface area contributed by atoms with Gasteiger partial charge in [-0.2, -0.15) is 4.98 Å². The number of hydrogen-bond acceptors (Lipinski definition) is 16. The summed E-state index contributed by atoms with van der Waals surface area (Å²) >= 11 is 9.48. The van der Waals surface area contributed by atoms with Crippen molar-refractivity contribution >= 4 is 60.6 Å². The first-order valence-electron chi connectivity index (χ1n) is 15.0. The maximum absolute atomic E-state index is 13.6. The fraction of sp³-hybridized carbons (Fsp3) is 0.600. The second kappa shape index (κ2) is 13.7. The van der Waals surface area contributed by atoms with E-state index in [0.29, 0.717) is 25.3 Å². The highest BCUT2D eigenvalue weighted by atomic mass is 32.7. The molecular formula is C25H32N8O11P2S2. The normalized spacial score (nSPS) is 37.3. The molecule has 1 saturated carbocycles. The van der Waals surface area contributed by atoms with Crippen LogP contribution in [0.25, 0.3) is 11.2 Å². The van der Waals surface area contributed by atoms with Crippen LogP contribution in [0.5, 0.6) is 5.88 Å². The van der Waals surface area contributed by atoms with E-state index in [1.807, 2.05) is 0 Å². The Morgan fingerprint density at radius 3 is 2.83 bits per heavy atom. The molecule has 1 aliphatic carbocycles. The number of H-pyrrole nitrogens is 1. The summed E-state index contributed by atoms with van der Waals surface area (Å²) in [6, 6.07) is 1.16. The van der Waals surface area contributed by atoms with Gasteiger partial charge < -0.3 is 38.4 Å². The molecule has 0 spiro atoms. The molecule has 5 N–H and O–H groups in total. The predicted molar refractivity (Wildman–Crippen MR) is 172 cm³/mol. The van der Waals surface area contributed by atoms with Gasteiger partial charge in [-0.25, -0.2) is 19.5 Å². The van der Waals surface area contributed by atoms with Crippen molar-refractivity contribution < 1.29 is 46.9 Å². The Bertz CT molecular complexity index is 1810. The first-order chi connectivity index (χ1) is 22.9. The fourth-order valence-electron chi connectivity index (χ4n) is 6.18. The Kier molecular flexibility index (Phi) is 9.75. The summed E-state index contributed by atoms with van der Waals surface area (Å²) in [6.45, 7) is -8.10. The van der Waals surface area contributed by atoms with Gasteiger partial charge in [-0.15, -0.1) is 0 Å². The van der Waals surface area contributed by atoms with Crippen molar-refractivity contribution in [1.29, 1.82) is 0 Å². The molecule has 2 bridgehead atoms. The third-order valence-electron chi connectivity index (χ3n) is 8.44. The van der Waals surface area contributed by atoms with Crippen LogP contribution < -0.4 is 20.9 Å². The average molecular weight is 747 g/mol. The highest BCUT2D eigenvalue weighted by Gasteiger charge is 2.51. The molecule has 3 aromatic heterocycles.